The van der Waals surface area contributed by atoms with E-state index in [1.54, 1.807) is 42.8 Å². The summed E-state index contributed by atoms with van der Waals surface area (Å²) in [5.41, 5.74) is 1.62. The molecule has 4 heterocycles. The summed E-state index contributed by atoms with van der Waals surface area (Å²) >= 11 is 0. The van der Waals surface area contributed by atoms with Gasteiger partial charge in [0.2, 0.25) is 17.7 Å². The Labute approximate surface area is 243 Å². The molecule has 0 saturated heterocycles. The number of nitrogens with zero attached hydrogens (tertiary/aromatic N) is 7. The molecule has 1 aromatic carbocycles. The van der Waals surface area contributed by atoms with E-state index in [0.29, 0.717) is 46.2 Å². The number of allylic oxidation sites excluding steroid dienone is 1. The Kier molecular flexibility index (Phi) is 7.19. The Hall–Kier alpha value is -4.64. The van der Waals surface area contributed by atoms with E-state index in [1.165, 1.54) is 16.4 Å². The molecule has 216 valence electrons. The van der Waals surface area contributed by atoms with Crippen molar-refractivity contribution in [3.05, 3.63) is 94.7 Å². The maximum Gasteiger partial charge on any atom is 0.278 e. The van der Waals surface area contributed by atoms with Crippen LogP contribution >= 0.6 is 0 Å². The van der Waals surface area contributed by atoms with Gasteiger partial charge in [-0.05, 0) is 75.3 Å². The molecule has 1 aliphatic carbocycles. The number of aromatic nitrogens is 7. The van der Waals surface area contributed by atoms with Crippen LogP contribution in [0.2, 0.25) is 0 Å². The lowest BCUT2D eigenvalue weighted by Crippen LogP contribution is -2.23. The van der Waals surface area contributed by atoms with Gasteiger partial charge in [-0.25, -0.2) is 19.3 Å². The highest BCUT2D eigenvalue weighted by atomic mass is 16.4. The molecule has 11 heteroatoms. The molecular weight excluding hydrogens is 532 g/mol. The number of anilines is 2. The van der Waals surface area contributed by atoms with Gasteiger partial charge in [-0.2, -0.15) is 4.98 Å². The standard InChI is InChI=1S/C31H34N8O3/c1-5-17-38-29(40)24-18-32-30(35-27(24)39(38)26-8-6-7-25(34-26)31(3,4)41)33-23-15-13-21(14-16-23)20-9-11-22(12-10-20)28-37-36-19(2)42-28/h5-8,13-16,18,20,22,41H,1,9-12,17H2,2-4H3,(H,32,33,35). The molecule has 0 amide bonds. The first-order chi connectivity index (χ1) is 20.2. The number of pyridine rings is 1. The van der Waals surface area contributed by atoms with Crippen LogP contribution in [0, 0.1) is 6.92 Å². The molecule has 1 saturated carbocycles. The SMILES string of the molecule is C=CCn1c(=O)c2cnc(Nc3ccc(C4CCC(c5nnc(C)o5)CC4)cc3)nc2n1-c1cccc(C(C)(C)O)n1. The van der Waals surface area contributed by atoms with Crippen LogP contribution in [-0.4, -0.2) is 39.6 Å². The molecule has 2 N–H and O–H groups in total. The fraction of sp³-hybridized carbons (Fsp3) is 0.355. The van der Waals surface area contributed by atoms with Crippen LogP contribution in [0.5, 0.6) is 0 Å². The summed E-state index contributed by atoms with van der Waals surface area (Å²) in [5.74, 6) is 3.01. The van der Waals surface area contributed by atoms with Crippen LogP contribution in [0.1, 0.15) is 74.4 Å². The lowest BCUT2D eigenvalue weighted by molar-refractivity contribution is 0.0738. The van der Waals surface area contributed by atoms with Crippen molar-refractivity contribution in [1.82, 2.24) is 34.5 Å². The molecule has 5 aromatic rings. The first-order valence-electron chi connectivity index (χ1n) is 14.2. The zero-order valence-corrected chi connectivity index (χ0v) is 24.0. The van der Waals surface area contributed by atoms with Crippen LogP contribution < -0.4 is 10.9 Å². The monoisotopic (exact) mass is 566 g/mol. The molecule has 0 radical (unpaired) electrons. The van der Waals surface area contributed by atoms with E-state index in [1.807, 2.05) is 19.1 Å². The zero-order chi connectivity index (χ0) is 29.4. The minimum atomic E-state index is -1.15. The number of nitrogens with one attached hydrogen (secondary N) is 1. The van der Waals surface area contributed by atoms with E-state index in [4.69, 9.17) is 9.40 Å². The Morgan fingerprint density at radius 3 is 2.48 bits per heavy atom. The molecule has 0 bridgehead atoms. The molecule has 11 nitrogen and oxygen atoms in total. The zero-order valence-electron chi connectivity index (χ0n) is 24.0. The second-order valence-electron chi connectivity index (χ2n) is 11.3. The number of rotatable bonds is 8. The van der Waals surface area contributed by atoms with Gasteiger partial charge in [0, 0.05) is 24.7 Å². The maximum absolute atomic E-state index is 13.3. The first-order valence-corrected chi connectivity index (χ1v) is 14.2. The third-order valence-corrected chi connectivity index (χ3v) is 7.81. The normalized spacial score (nSPS) is 17.4. The predicted molar refractivity (Wildman–Crippen MR) is 159 cm³/mol. The van der Waals surface area contributed by atoms with Gasteiger partial charge in [0.05, 0.1) is 12.2 Å². The number of hydrogen-bond donors (Lipinski definition) is 2. The summed E-state index contributed by atoms with van der Waals surface area (Å²) in [6.07, 6.45) is 7.37. The number of benzene rings is 1. The summed E-state index contributed by atoms with van der Waals surface area (Å²) in [6, 6.07) is 13.7. The third-order valence-electron chi connectivity index (χ3n) is 7.81. The van der Waals surface area contributed by atoms with E-state index in [-0.39, 0.29) is 12.1 Å². The van der Waals surface area contributed by atoms with Crippen molar-refractivity contribution in [2.24, 2.45) is 0 Å². The Bertz CT molecular complexity index is 1790. The molecule has 0 unspecified atom stereocenters. The molecule has 0 atom stereocenters. The van der Waals surface area contributed by atoms with Crippen molar-refractivity contribution < 1.29 is 9.52 Å². The van der Waals surface area contributed by atoms with Gasteiger partial charge in [-0.3, -0.25) is 4.79 Å². The van der Waals surface area contributed by atoms with E-state index in [9.17, 15) is 9.90 Å². The van der Waals surface area contributed by atoms with Gasteiger partial charge in [-0.15, -0.1) is 16.8 Å². The second-order valence-corrected chi connectivity index (χ2v) is 11.3. The molecule has 0 aliphatic heterocycles. The summed E-state index contributed by atoms with van der Waals surface area (Å²) in [7, 11) is 0. The van der Waals surface area contributed by atoms with Crippen LogP contribution in [0.25, 0.3) is 16.9 Å². The van der Waals surface area contributed by atoms with Crippen molar-refractivity contribution in [2.45, 2.75) is 70.4 Å². The van der Waals surface area contributed by atoms with Gasteiger partial charge in [0.15, 0.2) is 11.5 Å². The van der Waals surface area contributed by atoms with Crippen molar-refractivity contribution in [1.29, 1.82) is 0 Å². The van der Waals surface area contributed by atoms with E-state index >= 15 is 0 Å². The summed E-state index contributed by atoms with van der Waals surface area (Å²) in [6.45, 7) is 9.22. The summed E-state index contributed by atoms with van der Waals surface area (Å²) < 4.78 is 8.81. The lowest BCUT2D eigenvalue weighted by Gasteiger charge is -2.27. The minimum Gasteiger partial charge on any atom is -0.425 e. The quantitative estimate of drug-likeness (QED) is 0.241. The van der Waals surface area contributed by atoms with E-state index in [2.05, 4.69) is 44.2 Å². The number of fused-ring (bicyclic) bond motifs is 1. The van der Waals surface area contributed by atoms with Crippen LogP contribution in [0.15, 0.2) is 70.5 Å². The van der Waals surface area contributed by atoms with Gasteiger partial charge in [0.1, 0.15) is 11.0 Å². The van der Waals surface area contributed by atoms with Gasteiger partial charge >= 0.3 is 0 Å². The number of hydrogen-bond acceptors (Lipinski definition) is 9. The Balaban J connectivity index is 1.24. The predicted octanol–water partition coefficient (Wildman–Crippen LogP) is 5.27. The van der Waals surface area contributed by atoms with Gasteiger partial charge < -0.3 is 14.8 Å². The first kappa shape index (κ1) is 27.5. The maximum atomic E-state index is 13.3. The Morgan fingerprint density at radius 1 is 1.07 bits per heavy atom. The average molecular weight is 567 g/mol. The molecule has 0 spiro atoms. The summed E-state index contributed by atoms with van der Waals surface area (Å²) in [4.78, 5) is 27.0. The Morgan fingerprint density at radius 2 is 1.81 bits per heavy atom. The highest BCUT2D eigenvalue weighted by Crippen LogP contribution is 2.40. The lowest BCUT2D eigenvalue weighted by atomic mass is 9.78. The smallest absolute Gasteiger partial charge is 0.278 e. The topological polar surface area (TPSA) is 137 Å². The van der Waals surface area contributed by atoms with Crippen LogP contribution in [0.3, 0.4) is 0 Å². The number of aryl methyl sites for hydroxylation is 1. The molecule has 42 heavy (non-hydrogen) atoms. The minimum absolute atomic E-state index is 0.250. The van der Waals surface area contributed by atoms with Crippen molar-refractivity contribution in [3.63, 3.8) is 0 Å². The highest BCUT2D eigenvalue weighted by molar-refractivity contribution is 5.77. The third kappa shape index (κ3) is 5.35. The average Bonchev–Trinajstić information content (AvgIpc) is 3.54. The van der Waals surface area contributed by atoms with Gasteiger partial charge in [0.25, 0.3) is 5.56 Å². The number of aliphatic hydroxyl groups is 1. The molecule has 4 aromatic heterocycles. The highest BCUT2D eigenvalue weighted by Gasteiger charge is 2.27. The molecular formula is C31H34N8O3. The van der Waals surface area contributed by atoms with Crippen molar-refractivity contribution in [2.75, 3.05) is 5.32 Å². The summed E-state index contributed by atoms with van der Waals surface area (Å²) in [5, 5.41) is 22.4. The van der Waals surface area contributed by atoms with E-state index < -0.39 is 5.60 Å². The largest absolute Gasteiger partial charge is 0.425 e. The molecule has 6 rings (SSSR count). The fourth-order valence-corrected chi connectivity index (χ4v) is 5.61. The van der Waals surface area contributed by atoms with Crippen LogP contribution in [0.4, 0.5) is 11.6 Å². The molecule has 1 fully saturated rings. The second kappa shape index (κ2) is 11.0. The van der Waals surface area contributed by atoms with E-state index in [0.717, 1.165) is 37.3 Å². The molecule has 1 aliphatic rings. The van der Waals surface area contributed by atoms with Crippen LogP contribution in [-0.2, 0) is 12.1 Å². The van der Waals surface area contributed by atoms with Gasteiger partial charge in [-0.1, -0.05) is 24.3 Å². The van der Waals surface area contributed by atoms with Crippen molar-refractivity contribution >= 4 is 22.7 Å². The fourth-order valence-electron chi connectivity index (χ4n) is 5.61. The van der Waals surface area contributed by atoms with Crippen molar-refractivity contribution in [3.8, 4) is 5.82 Å².